The van der Waals surface area contributed by atoms with Gasteiger partial charge in [0.05, 0.1) is 34.5 Å². The van der Waals surface area contributed by atoms with Crippen molar-refractivity contribution in [2.75, 3.05) is 10.3 Å². The monoisotopic (exact) mass is 681 g/mol. The molecule has 0 spiro atoms. The molecule has 51 heavy (non-hydrogen) atoms. The topological polar surface area (TPSA) is 147 Å². The van der Waals surface area contributed by atoms with Crippen molar-refractivity contribution in [3.8, 4) is 5.75 Å². The number of nitrogens with one attached hydrogen (secondary N) is 1. The first kappa shape index (κ1) is 32.7. The molecule has 0 radical (unpaired) electrons. The van der Waals surface area contributed by atoms with E-state index in [0.717, 1.165) is 21.0 Å². The first-order valence-electron chi connectivity index (χ1n) is 17.1. The summed E-state index contributed by atoms with van der Waals surface area (Å²) < 4.78 is 0. The van der Waals surface area contributed by atoms with Crippen LogP contribution < -0.4 is 15.8 Å². The number of hydrogen-bond donors (Lipinski definition) is 4. The number of nitrogens with zero attached hydrogens (tertiary/aromatic N) is 2. The summed E-state index contributed by atoms with van der Waals surface area (Å²) in [6, 6.07) is 27.9. The molecule has 4 aromatic carbocycles. The lowest BCUT2D eigenvalue weighted by Crippen LogP contribution is -2.53. The number of benzene rings is 4. The van der Waals surface area contributed by atoms with Crippen LogP contribution in [-0.2, 0) is 24.6 Å². The van der Waals surface area contributed by atoms with Crippen LogP contribution in [0, 0.1) is 37.5 Å². The molecule has 0 unspecified atom stereocenters. The van der Waals surface area contributed by atoms with Gasteiger partial charge >= 0.3 is 7.12 Å². The number of anilines is 2. The molecule has 2 aliphatic heterocycles. The van der Waals surface area contributed by atoms with E-state index < -0.39 is 65.8 Å². The predicted molar refractivity (Wildman–Crippen MR) is 190 cm³/mol. The zero-order valence-electron chi connectivity index (χ0n) is 28.1. The minimum atomic E-state index is -1.79. The van der Waals surface area contributed by atoms with E-state index in [0.29, 0.717) is 22.4 Å². The molecular formula is C40H36BN3O7. The Bertz CT molecular complexity index is 2140. The molecule has 0 bridgehead atoms. The quantitative estimate of drug-likeness (QED) is 0.136. The van der Waals surface area contributed by atoms with E-state index in [-0.39, 0.29) is 29.7 Å². The maximum atomic E-state index is 15.2. The van der Waals surface area contributed by atoms with Gasteiger partial charge in [-0.15, -0.1) is 0 Å². The number of carbonyl (C=O) groups excluding carboxylic acids is 4. The first-order chi connectivity index (χ1) is 24.5. The summed E-state index contributed by atoms with van der Waals surface area (Å²) in [5.74, 6) is -5.76. The number of amides is 4. The molecule has 6 atom stereocenters. The Hall–Kier alpha value is -5.52. The van der Waals surface area contributed by atoms with Gasteiger partial charge in [-0.1, -0.05) is 90.0 Å². The highest BCUT2D eigenvalue weighted by atomic mass is 16.4. The average Bonchev–Trinajstić information content (AvgIpc) is 3.51. The van der Waals surface area contributed by atoms with Crippen molar-refractivity contribution in [2.45, 2.75) is 38.0 Å². The van der Waals surface area contributed by atoms with Gasteiger partial charge in [-0.3, -0.25) is 29.5 Å². The number of aromatic hydroxyl groups is 1. The number of hydrogen-bond acceptors (Lipinski definition) is 8. The molecule has 2 aliphatic carbocycles. The summed E-state index contributed by atoms with van der Waals surface area (Å²) in [5.41, 5.74) is 5.94. The van der Waals surface area contributed by atoms with Gasteiger partial charge < -0.3 is 15.2 Å². The van der Waals surface area contributed by atoms with Gasteiger partial charge in [0.25, 0.3) is 11.8 Å². The number of phenols is 1. The van der Waals surface area contributed by atoms with Crippen LogP contribution >= 0.6 is 0 Å². The van der Waals surface area contributed by atoms with Crippen molar-refractivity contribution < 1.29 is 34.3 Å². The molecule has 4 aromatic rings. The molecule has 256 valence electrons. The molecule has 1 saturated carbocycles. The molecule has 3 fully saturated rings. The molecular weight excluding hydrogens is 645 g/mol. The standard InChI is InChI=1S/C40H36BN3O7/c1-22-14-16-26(17-15-22)42-44-37(47)32-21-31-28(18-19-29-33(31)38(48)43(36(29)46)27-12-7-11-25(20-27)41(50)51)34(30-13-6-8-23(2)35(30)45)40(32,39(44)49)24-9-4-3-5-10-24/h3-18,20,29,31-34,42,45,50-51H,19,21H2,1-2H3/t29-,31+,32-,33-,34+,40+/m0/s1. The smallest absolute Gasteiger partial charge is 0.488 e. The fraction of sp³-hybridized carbons (Fsp3) is 0.250. The molecule has 2 saturated heterocycles. The number of fused-ring (bicyclic) bond motifs is 4. The van der Waals surface area contributed by atoms with E-state index in [1.807, 2.05) is 61.5 Å². The van der Waals surface area contributed by atoms with Crippen molar-refractivity contribution in [3.05, 3.63) is 131 Å². The summed E-state index contributed by atoms with van der Waals surface area (Å²) >= 11 is 0. The Morgan fingerprint density at radius 1 is 0.804 bits per heavy atom. The van der Waals surface area contributed by atoms with Crippen molar-refractivity contribution >= 4 is 47.6 Å². The summed E-state index contributed by atoms with van der Waals surface area (Å²) in [7, 11) is -1.79. The van der Waals surface area contributed by atoms with E-state index >= 15 is 4.79 Å². The lowest BCUT2D eigenvalue weighted by atomic mass is 9.49. The number of aryl methyl sites for hydroxylation is 2. The highest BCUT2D eigenvalue weighted by molar-refractivity contribution is 6.58. The third-order valence-electron chi connectivity index (χ3n) is 11.4. The Labute approximate surface area is 295 Å². The minimum absolute atomic E-state index is 0.000231. The molecule has 2 heterocycles. The van der Waals surface area contributed by atoms with Crippen LogP contribution in [0.4, 0.5) is 11.4 Å². The van der Waals surface area contributed by atoms with Crippen LogP contribution in [0.1, 0.15) is 41.0 Å². The van der Waals surface area contributed by atoms with E-state index in [2.05, 4.69) is 5.43 Å². The lowest BCUT2D eigenvalue weighted by Gasteiger charge is -2.50. The maximum absolute atomic E-state index is 15.2. The van der Waals surface area contributed by atoms with E-state index in [1.54, 1.807) is 43.3 Å². The number of carbonyl (C=O) groups is 4. The van der Waals surface area contributed by atoms with E-state index in [4.69, 9.17) is 0 Å². The third-order valence-corrected chi connectivity index (χ3v) is 11.4. The number of para-hydroxylation sites is 1. The zero-order chi connectivity index (χ0) is 35.8. The summed E-state index contributed by atoms with van der Waals surface area (Å²) in [5, 5.41) is 32.4. The number of phenolic OH excluding ortho intramolecular Hbond substituents is 1. The largest absolute Gasteiger partial charge is 0.507 e. The second-order valence-corrected chi connectivity index (χ2v) is 14.1. The molecule has 4 N–H and O–H groups in total. The summed E-state index contributed by atoms with van der Waals surface area (Å²) in [4.78, 5) is 59.7. The van der Waals surface area contributed by atoms with Gasteiger partial charge in [0.15, 0.2) is 0 Å². The van der Waals surface area contributed by atoms with Crippen LogP contribution in [0.3, 0.4) is 0 Å². The van der Waals surface area contributed by atoms with Crippen molar-refractivity contribution in [1.29, 1.82) is 0 Å². The second-order valence-electron chi connectivity index (χ2n) is 14.1. The van der Waals surface area contributed by atoms with Gasteiger partial charge in [-0.05, 0) is 73.5 Å². The van der Waals surface area contributed by atoms with Crippen molar-refractivity contribution in [2.24, 2.45) is 23.7 Å². The molecule has 0 aromatic heterocycles. The molecule has 10 nitrogen and oxygen atoms in total. The first-order valence-corrected chi connectivity index (χ1v) is 17.1. The number of rotatable bonds is 6. The summed E-state index contributed by atoms with van der Waals surface area (Å²) in [6.45, 7) is 3.72. The van der Waals surface area contributed by atoms with Crippen LogP contribution in [0.5, 0.6) is 5.75 Å². The van der Waals surface area contributed by atoms with Gasteiger partial charge in [0.1, 0.15) is 5.75 Å². The van der Waals surface area contributed by atoms with Gasteiger partial charge in [-0.2, -0.15) is 5.01 Å². The zero-order valence-corrected chi connectivity index (χ0v) is 28.1. The predicted octanol–water partition coefficient (Wildman–Crippen LogP) is 3.88. The van der Waals surface area contributed by atoms with Crippen LogP contribution in [0.2, 0.25) is 0 Å². The van der Waals surface area contributed by atoms with Gasteiger partial charge in [0.2, 0.25) is 11.8 Å². The number of imide groups is 2. The highest BCUT2D eigenvalue weighted by Crippen LogP contribution is 2.65. The fourth-order valence-corrected chi connectivity index (χ4v) is 9.09. The van der Waals surface area contributed by atoms with E-state index in [1.165, 1.54) is 12.1 Å². The van der Waals surface area contributed by atoms with Gasteiger partial charge in [-0.25, -0.2) is 0 Å². The molecule has 4 aliphatic rings. The maximum Gasteiger partial charge on any atom is 0.488 e. The van der Waals surface area contributed by atoms with Crippen molar-refractivity contribution in [1.82, 2.24) is 5.01 Å². The number of allylic oxidation sites excluding steroid dienone is 2. The molecule has 8 rings (SSSR count). The van der Waals surface area contributed by atoms with E-state index in [9.17, 15) is 29.5 Å². The normalized spacial score (nSPS) is 26.8. The Kier molecular flexibility index (Phi) is 7.73. The number of hydrazine groups is 1. The lowest BCUT2D eigenvalue weighted by molar-refractivity contribution is -0.138. The Morgan fingerprint density at radius 2 is 1.53 bits per heavy atom. The molecule has 4 amide bonds. The minimum Gasteiger partial charge on any atom is -0.507 e. The highest BCUT2D eigenvalue weighted by Gasteiger charge is 2.70. The Morgan fingerprint density at radius 3 is 2.25 bits per heavy atom. The SMILES string of the molecule is Cc1ccc(NN2C(=O)[C@@H]3C[C@@H]4C(=CC[C@@H]5C(=O)N(c6cccc(B(O)O)c6)C(=O)[C@@H]54)[C@H](c4cccc(C)c4O)[C@]3(c3ccccc3)C2=O)cc1. The van der Waals surface area contributed by atoms with Crippen molar-refractivity contribution in [3.63, 3.8) is 0 Å². The van der Waals surface area contributed by atoms with Gasteiger partial charge in [0, 0.05) is 11.5 Å². The second kappa shape index (κ2) is 12.1. The summed E-state index contributed by atoms with van der Waals surface area (Å²) in [6.07, 6.45) is 2.27. The average molecular weight is 682 g/mol. The van der Waals surface area contributed by atoms with Crippen LogP contribution in [-0.4, -0.2) is 50.9 Å². The fourth-order valence-electron chi connectivity index (χ4n) is 9.09. The Balaban J connectivity index is 1.31. The van der Waals surface area contributed by atoms with Crippen LogP contribution in [0.15, 0.2) is 109 Å². The molecule has 11 heteroatoms. The van der Waals surface area contributed by atoms with Crippen LogP contribution in [0.25, 0.3) is 0 Å². The third kappa shape index (κ3) is 4.79.